The minimum atomic E-state index is 0.116. The number of nitrogens with one attached hydrogen (secondary N) is 1. The molecular formula is C16H21N3O. The van der Waals surface area contributed by atoms with E-state index in [-0.39, 0.29) is 5.91 Å². The van der Waals surface area contributed by atoms with Gasteiger partial charge in [0.15, 0.2) is 0 Å². The maximum Gasteiger partial charge on any atom is 0.226 e. The molecule has 1 N–H and O–H groups in total. The summed E-state index contributed by atoms with van der Waals surface area (Å²) in [6, 6.07) is 9.26. The number of rotatable bonds is 4. The molecule has 1 aliphatic heterocycles. The lowest BCUT2D eigenvalue weighted by molar-refractivity contribution is -0.118. The van der Waals surface area contributed by atoms with Crippen LogP contribution in [0.1, 0.15) is 31.2 Å². The van der Waals surface area contributed by atoms with Crippen LogP contribution in [-0.4, -0.2) is 26.0 Å². The fourth-order valence-corrected chi connectivity index (χ4v) is 2.59. The summed E-state index contributed by atoms with van der Waals surface area (Å²) in [5, 5.41) is 12.3. The first-order valence-electron chi connectivity index (χ1n) is 7.18. The van der Waals surface area contributed by atoms with Gasteiger partial charge in [0.25, 0.3) is 0 Å². The molecule has 1 heterocycles. The van der Waals surface area contributed by atoms with Crippen molar-refractivity contribution in [2.75, 3.05) is 25.0 Å². The molecule has 1 aliphatic rings. The Hall–Kier alpha value is -1.86. The summed E-state index contributed by atoms with van der Waals surface area (Å²) in [7, 11) is 1.78. The van der Waals surface area contributed by atoms with Crippen molar-refractivity contribution in [1.82, 2.24) is 5.32 Å². The molecule has 4 heteroatoms. The van der Waals surface area contributed by atoms with Gasteiger partial charge < -0.3 is 10.2 Å². The molecule has 2 rings (SSSR count). The lowest BCUT2D eigenvalue weighted by Gasteiger charge is -2.24. The van der Waals surface area contributed by atoms with Crippen LogP contribution in [0.5, 0.6) is 0 Å². The Morgan fingerprint density at radius 3 is 3.10 bits per heavy atom. The zero-order chi connectivity index (χ0) is 14.4. The first-order valence-corrected chi connectivity index (χ1v) is 7.18. The Kier molecular flexibility index (Phi) is 5.14. The maximum atomic E-state index is 12.2. The molecule has 1 amide bonds. The molecule has 1 fully saturated rings. The minimum Gasteiger partial charge on any atom is -0.316 e. The van der Waals surface area contributed by atoms with E-state index in [4.69, 9.17) is 5.26 Å². The van der Waals surface area contributed by atoms with Gasteiger partial charge in [-0.15, -0.1) is 0 Å². The first-order chi connectivity index (χ1) is 9.70. The number of amides is 1. The molecule has 1 saturated heterocycles. The molecule has 1 atom stereocenters. The second kappa shape index (κ2) is 7.06. The van der Waals surface area contributed by atoms with Crippen molar-refractivity contribution < 1.29 is 4.79 Å². The van der Waals surface area contributed by atoms with E-state index >= 15 is 0 Å². The van der Waals surface area contributed by atoms with Gasteiger partial charge in [0.1, 0.15) is 0 Å². The molecule has 20 heavy (non-hydrogen) atoms. The lowest BCUT2D eigenvalue weighted by atomic mass is 9.94. The summed E-state index contributed by atoms with van der Waals surface area (Å²) in [5.41, 5.74) is 1.37. The summed E-state index contributed by atoms with van der Waals surface area (Å²) < 4.78 is 0. The summed E-state index contributed by atoms with van der Waals surface area (Å²) >= 11 is 0. The standard InChI is InChI=1S/C16H21N3O/c1-19(15-6-2-4-14(10-15)11-17)16(20)8-7-13-5-3-9-18-12-13/h2,4,6,10,13,18H,3,5,7-9,12H2,1H3. The number of carbonyl (C=O) groups excluding carboxylic acids is 1. The largest absolute Gasteiger partial charge is 0.316 e. The van der Waals surface area contributed by atoms with Crippen LogP contribution in [0, 0.1) is 17.2 Å². The predicted octanol–water partition coefficient (Wildman–Crippen LogP) is 2.30. The van der Waals surface area contributed by atoms with E-state index in [2.05, 4.69) is 11.4 Å². The smallest absolute Gasteiger partial charge is 0.226 e. The minimum absolute atomic E-state index is 0.116. The first kappa shape index (κ1) is 14.5. The molecule has 1 unspecified atom stereocenters. The number of anilines is 1. The summed E-state index contributed by atoms with van der Waals surface area (Å²) in [6.45, 7) is 2.13. The maximum absolute atomic E-state index is 12.2. The Bertz CT molecular complexity index is 501. The zero-order valence-corrected chi connectivity index (χ0v) is 11.9. The molecule has 0 aliphatic carbocycles. The second-order valence-corrected chi connectivity index (χ2v) is 5.37. The summed E-state index contributed by atoms with van der Waals surface area (Å²) in [6.07, 6.45) is 3.93. The predicted molar refractivity (Wildman–Crippen MR) is 79.4 cm³/mol. The van der Waals surface area contributed by atoms with Gasteiger partial charge in [0.05, 0.1) is 11.6 Å². The van der Waals surface area contributed by atoms with Crippen LogP contribution in [0.25, 0.3) is 0 Å². The van der Waals surface area contributed by atoms with Crippen LogP contribution in [0.3, 0.4) is 0 Å². The molecule has 0 bridgehead atoms. The van der Waals surface area contributed by atoms with Gasteiger partial charge in [-0.25, -0.2) is 0 Å². The highest BCUT2D eigenvalue weighted by molar-refractivity contribution is 5.92. The molecule has 1 aromatic carbocycles. The quantitative estimate of drug-likeness (QED) is 0.914. The Labute approximate surface area is 120 Å². The average molecular weight is 271 g/mol. The van der Waals surface area contributed by atoms with Crippen molar-refractivity contribution in [1.29, 1.82) is 5.26 Å². The third-order valence-corrected chi connectivity index (χ3v) is 3.90. The molecule has 0 radical (unpaired) electrons. The van der Waals surface area contributed by atoms with Crippen LogP contribution in [0.15, 0.2) is 24.3 Å². The number of piperidine rings is 1. The topological polar surface area (TPSA) is 56.1 Å². The highest BCUT2D eigenvalue weighted by Crippen LogP contribution is 2.19. The van der Waals surface area contributed by atoms with Crippen molar-refractivity contribution in [3.05, 3.63) is 29.8 Å². The number of carbonyl (C=O) groups is 1. The molecule has 106 valence electrons. The van der Waals surface area contributed by atoms with Gasteiger partial charge in [-0.2, -0.15) is 5.26 Å². The number of hydrogen-bond acceptors (Lipinski definition) is 3. The van der Waals surface area contributed by atoms with Gasteiger partial charge in [0, 0.05) is 19.2 Å². The fourth-order valence-electron chi connectivity index (χ4n) is 2.59. The van der Waals surface area contributed by atoms with E-state index in [1.807, 2.05) is 12.1 Å². The number of hydrogen-bond donors (Lipinski definition) is 1. The fraction of sp³-hybridized carbons (Fsp3) is 0.500. The molecule has 0 spiro atoms. The number of benzene rings is 1. The van der Waals surface area contributed by atoms with E-state index in [9.17, 15) is 4.79 Å². The highest BCUT2D eigenvalue weighted by Gasteiger charge is 2.17. The van der Waals surface area contributed by atoms with Crippen LogP contribution in [0.2, 0.25) is 0 Å². The summed E-state index contributed by atoms with van der Waals surface area (Å²) in [4.78, 5) is 13.9. The SMILES string of the molecule is CN(C(=O)CCC1CCCNC1)c1cccc(C#N)c1. The van der Waals surface area contributed by atoms with E-state index in [1.54, 1.807) is 24.1 Å². The van der Waals surface area contributed by atoms with Crippen molar-refractivity contribution in [2.24, 2.45) is 5.92 Å². The third kappa shape index (κ3) is 3.82. The highest BCUT2D eigenvalue weighted by atomic mass is 16.2. The van der Waals surface area contributed by atoms with E-state index in [0.29, 0.717) is 17.9 Å². The van der Waals surface area contributed by atoms with Gasteiger partial charge >= 0.3 is 0 Å². The van der Waals surface area contributed by atoms with Crippen LogP contribution < -0.4 is 10.2 Å². The lowest BCUT2D eigenvalue weighted by Crippen LogP contribution is -2.31. The Balaban J connectivity index is 1.89. The monoisotopic (exact) mass is 271 g/mol. The average Bonchev–Trinajstić information content (AvgIpc) is 2.53. The van der Waals surface area contributed by atoms with Gasteiger partial charge in [-0.1, -0.05) is 6.07 Å². The normalized spacial score (nSPS) is 18.3. The van der Waals surface area contributed by atoms with Crippen LogP contribution >= 0.6 is 0 Å². The molecule has 1 aromatic rings. The Morgan fingerprint density at radius 2 is 2.40 bits per heavy atom. The number of nitrogens with zero attached hydrogens (tertiary/aromatic N) is 2. The van der Waals surface area contributed by atoms with Crippen LogP contribution in [0.4, 0.5) is 5.69 Å². The van der Waals surface area contributed by atoms with Crippen LogP contribution in [-0.2, 0) is 4.79 Å². The molecule has 4 nitrogen and oxygen atoms in total. The van der Waals surface area contributed by atoms with E-state index < -0.39 is 0 Å². The molecule has 0 aromatic heterocycles. The second-order valence-electron chi connectivity index (χ2n) is 5.37. The van der Waals surface area contributed by atoms with Gasteiger partial charge in [-0.3, -0.25) is 4.79 Å². The van der Waals surface area contributed by atoms with Crippen molar-refractivity contribution >= 4 is 11.6 Å². The molecule has 0 saturated carbocycles. The number of nitriles is 1. The third-order valence-electron chi connectivity index (χ3n) is 3.90. The van der Waals surface area contributed by atoms with Gasteiger partial charge in [-0.05, 0) is 56.5 Å². The van der Waals surface area contributed by atoms with E-state index in [1.165, 1.54) is 12.8 Å². The zero-order valence-electron chi connectivity index (χ0n) is 11.9. The van der Waals surface area contributed by atoms with Crippen molar-refractivity contribution in [3.8, 4) is 6.07 Å². The molecular weight excluding hydrogens is 250 g/mol. The van der Waals surface area contributed by atoms with Crippen molar-refractivity contribution in [3.63, 3.8) is 0 Å². The van der Waals surface area contributed by atoms with E-state index in [0.717, 1.165) is 25.2 Å². The summed E-state index contributed by atoms with van der Waals surface area (Å²) in [5.74, 6) is 0.734. The Morgan fingerprint density at radius 1 is 1.55 bits per heavy atom. The van der Waals surface area contributed by atoms with Gasteiger partial charge in [0.2, 0.25) is 5.91 Å². The van der Waals surface area contributed by atoms with Crippen molar-refractivity contribution in [2.45, 2.75) is 25.7 Å².